The highest BCUT2D eigenvalue weighted by Crippen LogP contribution is 2.32. The number of phenols is 1. The molecule has 32 heavy (non-hydrogen) atoms. The number of aromatic amines is 1. The summed E-state index contributed by atoms with van der Waals surface area (Å²) in [4.78, 5) is 26.7. The van der Waals surface area contributed by atoms with Gasteiger partial charge in [-0.2, -0.15) is 10.1 Å². The number of anilines is 2. The number of halogens is 1. The van der Waals surface area contributed by atoms with E-state index in [0.29, 0.717) is 15.9 Å². The highest BCUT2D eigenvalue weighted by Gasteiger charge is 2.17. The number of carbonyl (C=O) groups is 1. The Kier molecular flexibility index (Phi) is 7.46. The number of rotatable bonds is 9. The molecular weight excluding hydrogens is 462 g/mol. The molecule has 0 saturated heterocycles. The van der Waals surface area contributed by atoms with E-state index < -0.39 is 4.92 Å². The summed E-state index contributed by atoms with van der Waals surface area (Å²) in [6, 6.07) is 9.02. The minimum Gasteiger partial charge on any atom is -0.504 e. The van der Waals surface area contributed by atoms with Crippen LogP contribution in [-0.4, -0.2) is 50.2 Å². The van der Waals surface area contributed by atoms with Gasteiger partial charge >= 0.3 is 0 Å². The first kappa shape index (κ1) is 22.8. The second-order valence-corrected chi connectivity index (χ2v) is 7.40. The fourth-order valence-corrected chi connectivity index (χ4v) is 3.20. The number of phenolic OH excluding ortho intramolecular Hbond substituents is 1. The Hall–Kier alpha value is -3.84. The first-order chi connectivity index (χ1) is 15.4. The molecule has 0 aliphatic rings. The molecule has 166 valence electrons. The van der Waals surface area contributed by atoms with Crippen molar-refractivity contribution in [1.82, 2.24) is 15.2 Å². The molecule has 0 aliphatic carbocycles. The number of aromatic nitrogens is 3. The normalized spacial score (nSPS) is 10.8. The number of methoxy groups -OCH3 is 1. The number of nitrogens with zero attached hydrogens (tertiary/aromatic N) is 4. The van der Waals surface area contributed by atoms with Gasteiger partial charge in [-0.3, -0.25) is 14.9 Å². The van der Waals surface area contributed by atoms with Gasteiger partial charge in [-0.1, -0.05) is 29.4 Å². The van der Waals surface area contributed by atoms with Crippen molar-refractivity contribution in [3.8, 4) is 11.5 Å². The monoisotopic (exact) mass is 477 g/mol. The van der Waals surface area contributed by atoms with Gasteiger partial charge in [0.15, 0.2) is 11.5 Å². The van der Waals surface area contributed by atoms with Gasteiger partial charge in [-0.25, -0.2) is 10.5 Å². The van der Waals surface area contributed by atoms with Crippen LogP contribution in [0.4, 0.5) is 17.3 Å². The average molecular weight is 478 g/mol. The highest BCUT2D eigenvalue weighted by molar-refractivity contribution is 7.99. The minimum atomic E-state index is -0.655. The van der Waals surface area contributed by atoms with E-state index in [9.17, 15) is 20.0 Å². The van der Waals surface area contributed by atoms with Crippen LogP contribution in [-0.2, 0) is 4.79 Å². The second-order valence-electron chi connectivity index (χ2n) is 6.02. The molecule has 3 rings (SSSR count). The molecular formula is C18H16ClN7O5S. The van der Waals surface area contributed by atoms with Crippen molar-refractivity contribution in [3.63, 3.8) is 0 Å². The van der Waals surface area contributed by atoms with E-state index in [4.69, 9.17) is 16.3 Å². The van der Waals surface area contributed by atoms with Crippen molar-refractivity contribution in [2.75, 3.05) is 23.6 Å². The van der Waals surface area contributed by atoms with Gasteiger partial charge in [0.05, 0.1) is 35.6 Å². The molecule has 0 saturated carbocycles. The summed E-state index contributed by atoms with van der Waals surface area (Å²) in [5.74, 6) is -0.338. The second kappa shape index (κ2) is 10.5. The fraction of sp³-hybridized carbons (Fsp3) is 0.111. The van der Waals surface area contributed by atoms with Gasteiger partial charge in [-0.05, 0) is 24.3 Å². The number of hydrazone groups is 1. The smallest absolute Gasteiger partial charge is 0.282 e. The zero-order valence-corrected chi connectivity index (χ0v) is 18.0. The lowest BCUT2D eigenvalue weighted by molar-refractivity contribution is -0.385. The van der Waals surface area contributed by atoms with Gasteiger partial charge in [0.1, 0.15) is 0 Å². The van der Waals surface area contributed by atoms with Gasteiger partial charge < -0.3 is 15.2 Å². The third-order valence-corrected chi connectivity index (χ3v) is 4.89. The van der Waals surface area contributed by atoms with Crippen LogP contribution >= 0.6 is 23.4 Å². The van der Waals surface area contributed by atoms with Crippen LogP contribution in [0.25, 0.3) is 0 Å². The first-order valence-corrected chi connectivity index (χ1v) is 10.2. The maximum absolute atomic E-state index is 12.0. The molecule has 1 heterocycles. The summed E-state index contributed by atoms with van der Waals surface area (Å²) in [5.41, 5.74) is 2.88. The lowest BCUT2D eigenvalue weighted by Crippen LogP contribution is -2.14. The number of ether oxygens (including phenoxy) is 1. The number of thioether (sulfide) groups is 1. The van der Waals surface area contributed by atoms with E-state index in [2.05, 4.69) is 31.0 Å². The minimum absolute atomic E-state index is 0.0615. The Morgan fingerprint density at radius 1 is 1.44 bits per heavy atom. The lowest BCUT2D eigenvalue weighted by Gasteiger charge is -2.05. The lowest BCUT2D eigenvalue weighted by atomic mass is 10.1. The van der Waals surface area contributed by atoms with E-state index in [-0.39, 0.29) is 40.4 Å². The number of benzene rings is 2. The largest absolute Gasteiger partial charge is 0.504 e. The molecule has 0 spiro atoms. The third kappa shape index (κ3) is 6.09. The number of nitro groups is 1. The number of aromatic hydroxyl groups is 1. The van der Waals surface area contributed by atoms with Gasteiger partial charge in [-0.15, -0.1) is 5.10 Å². The zero-order chi connectivity index (χ0) is 23.1. The number of hydrogen-bond acceptors (Lipinski definition) is 10. The molecule has 4 N–H and O–H groups in total. The molecule has 0 radical (unpaired) electrons. The van der Waals surface area contributed by atoms with E-state index in [1.807, 2.05) is 0 Å². The topological polar surface area (TPSA) is 168 Å². The molecule has 1 amide bonds. The summed E-state index contributed by atoms with van der Waals surface area (Å²) in [7, 11) is 1.32. The van der Waals surface area contributed by atoms with Gasteiger partial charge in [0.25, 0.3) is 5.69 Å². The van der Waals surface area contributed by atoms with Crippen LogP contribution < -0.4 is 15.5 Å². The van der Waals surface area contributed by atoms with E-state index in [0.717, 1.165) is 17.8 Å². The molecule has 0 aliphatic heterocycles. The molecule has 0 fully saturated rings. The predicted octanol–water partition coefficient (Wildman–Crippen LogP) is 3.26. The standard InChI is InChI=1S/C18H16ClN7O5S/c1-31-15-5-10(13(26(29)30)7-14(15)27)8-20-23-17-22-18(25-24-17)32-9-16(28)21-12-4-2-3-11(19)6-12/h2-8,27H,9H2,1H3,(H,21,28)(H2,22,23,24,25)/b20-8-. The number of carbonyl (C=O) groups excluding carboxylic acids is 1. The van der Waals surface area contributed by atoms with Gasteiger partial charge in [0, 0.05) is 10.7 Å². The summed E-state index contributed by atoms with van der Waals surface area (Å²) in [6.07, 6.45) is 1.17. The van der Waals surface area contributed by atoms with E-state index in [1.54, 1.807) is 24.3 Å². The van der Waals surface area contributed by atoms with Crippen molar-refractivity contribution in [3.05, 3.63) is 57.1 Å². The van der Waals surface area contributed by atoms with Crippen LogP contribution in [0.3, 0.4) is 0 Å². The van der Waals surface area contributed by atoms with Crippen LogP contribution in [0.2, 0.25) is 5.02 Å². The molecule has 2 aromatic carbocycles. The molecule has 0 bridgehead atoms. The Labute approximate surface area is 190 Å². The van der Waals surface area contributed by atoms with Crippen molar-refractivity contribution >= 4 is 52.8 Å². The maximum atomic E-state index is 12.0. The zero-order valence-electron chi connectivity index (χ0n) is 16.4. The number of H-pyrrole nitrogens is 1. The maximum Gasteiger partial charge on any atom is 0.282 e. The van der Waals surface area contributed by atoms with Crippen LogP contribution in [0, 0.1) is 10.1 Å². The predicted molar refractivity (Wildman–Crippen MR) is 120 cm³/mol. The molecule has 0 atom stereocenters. The first-order valence-electron chi connectivity index (χ1n) is 8.81. The molecule has 3 aromatic rings. The Bertz CT molecular complexity index is 1170. The Morgan fingerprint density at radius 2 is 2.25 bits per heavy atom. The molecule has 1 aromatic heterocycles. The summed E-state index contributed by atoms with van der Waals surface area (Å²) < 4.78 is 4.95. The molecule has 12 nitrogen and oxygen atoms in total. The number of nitrogens with one attached hydrogen (secondary N) is 3. The van der Waals surface area contributed by atoms with E-state index in [1.165, 1.54) is 19.4 Å². The third-order valence-electron chi connectivity index (χ3n) is 3.80. The fourth-order valence-electron chi connectivity index (χ4n) is 2.42. The van der Waals surface area contributed by atoms with Crippen LogP contribution in [0.15, 0.2) is 46.7 Å². The number of nitro benzene ring substituents is 1. The summed E-state index contributed by atoms with van der Waals surface area (Å²) in [6.45, 7) is 0. The quantitative estimate of drug-likeness (QED) is 0.156. The SMILES string of the molecule is COc1cc(/C=N\Nc2nc(SCC(=O)Nc3cccc(Cl)c3)n[nH]2)c([N+](=O)[O-])cc1O. The number of hydrogen-bond donors (Lipinski definition) is 4. The molecule has 0 unspecified atom stereocenters. The highest BCUT2D eigenvalue weighted by atomic mass is 35.5. The summed E-state index contributed by atoms with van der Waals surface area (Å²) in [5, 5.41) is 34.8. The number of amides is 1. The van der Waals surface area contributed by atoms with Crippen molar-refractivity contribution in [2.24, 2.45) is 5.10 Å². The van der Waals surface area contributed by atoms with Crippen LogP contribution in [0.1, 0.15) is 5.56 Å². The van der Waals surface area contributed by atoms with Crippen molar-refractivity contribution in [2.45, 2.75) is 5.16 Å². The molecule has 14 heteroatoms. The van der Waals surface area contributed by atoms with E-state index >= 15 is 0 Å². The van der Waals surface area contributed by atoms with Crippen molar-refractivity contribution in [1.29, 1.82) is 0 Å². The van der Waals surface area contributed by atoms with Gasteiger partial charge in [0.2, 0.25) is 17.0 Å². The summed E-state index contributed by atoms with van der Waals surface area (Å²) >= 11 is 6.97. The van der Waals surface area contributed by atoms with Crippen LogP contribution in [0.5, 0.6) is 11.5 Å². The Balaban J connectivity index is 1.57. The average Bonchev–Trinajstić information content (AvgIpc) is 3.20. The van der Waals surface area contributed by atoms with Crippen molar-refractivity contribution < 1.29 is 19.6 Å². The Morgan fingerprint density at radius 3 is 2.97 bits per heavy atom.